The molecule has 0 aromatic heterocycles. The lowest BCUT2D eigenvalue weighted by atomic mass is 9.62. The van der Waals surface area contributed by atoms with Crippen LogP contribution in [0.15, 0.2) is 43.0 Å². The predicted octanol–water partition coefficient (Wildman–Crippen LogP) is 6.48. The second kappa shape index (κ2) is 6.42. The summed E-state index contributed by atoms with van der Waals surface area (Å²) in [6, 6.07) is 12.3. The van der Waals surface area contributed by atoms with E-state index in [1.54, 1.807) is 0 Å². The first-order chi connectivity index (χ1) is 12.0. The topological polar surface area (TPSA) is 17.1 Å². The number of rotatable bonds is 3. The maximum absolute atomic E-state index is 11.4. The molecule has 3 rings (SSSR count). The molecule has 0 N–H and O–H groups in total. The number of thiol groups is 1. The first-order valence-electron chi connectivity index (χ1n) is 9.21. The quantitative estimate of drug-likeness (QED) is 0.617. The van der Waals surface area contributed by atoms with Crippen LogP contribution in [0.1, 0.15) is 78.7 Å². The van der Waals surface area contributed by atoms with Gasteiger partial charge in [0.2, 0.25) is 5.12 Å². The van der Waals surface area contributed by atoms with Crippen LogP contribution in [-0.2, 0) is 10.8 Å². The lowest BCUT2D eigenvalue weighted by Gasteiger charge is -2.42. The van der Waals surface area contributed by atoms with E-state index in [0.717, 1.165) is 11.1 Å². The highest BCUT2D eigenvalue weighted by Gasteiger charge is 2.37. The van der Waals surface area contributed by atoms with Crippen LogP contribution < -0.4 is 0 Å². The van der Waals surface area contributed by atoms with Gasteiger partial charge in [0.25, 0.3) is 0 Å². The molecule has 2 aromatic rings. The van der Waals surface area contributed by atoms with E-state index in [-0.39, 0.29) is 15.9 Å². The number of aryl methyl sites for hydroxylation is 1. The Morgan fingerprint density at radius 3 is 1.88 bits per heavy atom. The van der Waals surface area contributed by atoms with Crippen molar-refractivity contribution >= 4 is 23.3 Å². The monoisotopic (exact) mass is 364 g/mol. The Kier molecular flexibility index (Phi) is 4.69. The summed E-state index contributed by atoms with van der Waals surface area (Å²) in [5.74, 6) is 0. The molecule has 0 fully saturated rings. The Hall–Kier alpha value is -1.80. The normalized spacial score (nSPS) is 17.5. The molecule has 0 aliphatic heterocycles. The van der Waals surface area contributed by atoms with E-state index < -0.39 is 0 Å². The summed E-state index contributed by atoms with van der Waals surface area (Å²) in [5.41, 5.74) is 8.40. The van der Waals surface area contributed by atoms with Crippen molar-refractivity contribution < 1.29 is 4.79 Å². The molecule has 0 heterocycles. The zero-order valence-corrected chi connectivity index (χ0v) is 17.3. The van der Waals surface area contributed by atoms with Crippen molar-refractivity contribution in [3.8, 4) is 0 Å². The van der Waals surface area contributed by atoms with Crippen LogP contribution in [0.25, 0.3) is 5.57 Å². The summed E-state index contributed by atoms with van der Waals surface area (Å²) in [6.45, 7) is 15.9. The highest BCUT2D eigenvalue weighted by atomic mass is 32.1. The molecule has 136 valence electrons. The zero-order valence-electron chi connectivity index (χ0n) is 16.4. The second-order valence-electron chi connectivity index (χ2n) is 8.84. The third-order valence-corrected chi connectivity index (χ3v) is 6.26. The van der Waals surface area contributed by atoms with Crippen LogP contribution in [0.4, 0.5) is 0 Å². The summed E-state index contributed by atoms with van der Waals surface area (Å²) in [5, 5.41) is -0.212. The van der Waals surface area contributed by atoms with Gasteiger partial charge >= 0.3 is 0 Å². The fraction of sp³-hybridized carbons (Fsp3) is 0.375. The van der Waals surface area contributed by atoms with Crippen molar-refractivity contribution in [1.29, 1.82) is 0 Å². The van der Waals surface area contributed by atoms with Gasteiger partial charge in [-0.05, 0) is 76.1 Å². The van der Waals surface area contributed by atoms with E-state index >= 15 is 0 Å². The minimum Gasteiger partial charge on any atom is -0.282 e. The Morgan fingerprint density at radius 2 is 1.38 bits per heavy atom. The maximum atomic E-state index is 11.4. The number of hydrogen-bond acceptors (Lipinski definition) is 1. The molecule has 1 aliphatic carbocycles. The minimum atomic E-state index is -0.212. The molecule has 0 spiro atoms. The molecular formula is C24H28OS. The van der Waals surface area contributed by atoms with E-state index in [1.165, 1.54) is 35.1 Å². The van der Waals surface area contributed by atoms with Crippen LogP contribution in [0.5, 0.6) is 0 Å². The molecular weight excluding hydrogens is 336 g/mol. The Morgan fingerprint density at radius 1 is 0.923 bits per heavy atom. The molecule has 1 nitrogen and oxygen atoms in total. The first kappa shape index (κ1) is 19.0. The third kappa shape index (κ3) is 3.27. The average Bonchev–Trinajstić information content (AvgIpc) is 2.58. The molecule has 2 heteroatoms. The van der Waals surface area contributed by atoms with Crippen molar-refractivity contribution in [2.75, 3.05) is 0 Å². The summed E-state index contributed by atoms with van der Waals surface area (Å²) in [6.07, 6.45) is 2.41. The molecule has 0 unspecified atom stereocenters. The van der Waals surface area contributed by atoms with E-state index in [0.29, 0.717) is 5.56 Å². The number of carbonyl (C=O) groups is 1. The van der Waals surface area contributed by atoms with Gasteiger partial charge in [0.05, 0.1) is 0 Å². The summed E-state index contributed by atoms with van der Waals surface area (Å²) in [4.78, 5) is 11.4. The van der Waals surface area contributed by atoms with Crippen molar-refractivity contribution in [3.63, 3.8) is 0 Å². The van der Waals surface area contributed by atoms with Gasteiger partial charge in [0.15, 0.2) is 0 Å². The second-order valence-corrected chi connectivity index (χ2v) is 9.25. The molecule has 0 atom stereocenters. The van der Waals surface area contributed by atoms with Crippen LogP contribution in [0.3, 0.4) is 0 Å². The predicted molar refractivity (Wildman–Crippen MR) is 114 cm³/mol. The van der Waals surface area contributed by atoms with Gasteiger partial charge < -0.3 is 0 Å². The molecule has 0 amide bonds. The average molecular weight is 365 g/mol. The van der Waals surface area contributed by atoms with Gasteiger partial charge in [0, 0.05) is 5.56 Å². The van der Waals surface area contributed by atoms with Crippen LogP contribution in [0, 0.1) is 6.92 Å². The molecule has 0 saturated carbocycles. The molecule has 26 heavy (non-hydrogen) atoms. The van der Waals surface area contributed by atoms with Gasteiger partial charge in [-0.3, -0.25) is 4.79 Å². The Bertz CT molecular complexity index is 885. The highest BCUT2D eigenvalue weighted by Crippen LogP contribution is 2.47. The fourth-order valence-electron chi connectivity index (χ4n) is 4.02. The fourth-order valence-corrected chi connectivity index (χ4v) is 4.17. The van der Waals surface area contributed by atoms with Gasteiger partial charge in [-0.25, -0.2) is 0 Å². The number of carbonyl (C=O) groups excluding carboxylic acids is 1. The number of hydrogen-bond donors (Lipinski definition) is 1. The SMILES string of the molecule is C=C(c1ccc(C(=O)S)cc1)c1cc2c(cc1C)C(C)(C)CCC2(C)C. The van der Waals surface area contributed by atoms with E-state index in [4.69, 9.17) is 0 Å². The van der Waals surface area contributed by atoms with Crippen LogP contribution >= 0.6 is 12.6 Å². The van der Waals surface area contributed by atoms with Crippen LogP contribution in [0.2, 0.25) is 0 Å². The molecule has 0 bridgehead atoms. The molecule has 2 aromatic carbocycles. The van der Waals surface area contributed by atoms with Crippen LogP contribution in [-0.4, -0.2) is 5.12 Å². The van der Waals surface area contributed by atoms with Gasteiger partial charge in [0.1, 0.15) is 0 Å². The number of fused-ring (bicyclic) bond motifs is 1. The summed E-state index contributed by atoms with van der Waals surface area (Å²) >= 11 is 3.89. The van der Waals surface area contributed by atoms with Crippen molar-refractivity contribution in [3.05, 3.63) is 76.4 Å². The van der Waals surface area contributed by atoms with Crippen molar-refractivity contribution in [1.82, 2.24) is 0 Å². The van der Waals surface area contributed by atoms with Gasteiger partial charge in [-0.1, -0.05) is 58.5 Å². The standard InChI is InChI=1S/C24H28OS/c1-15-13-20-21(24(5,6)12-11-23(20,3)4)14-19(15)16(2)17-7-9-18(10-8-17)22(25)26/h7-10,13-14H,2,11-12H2,1,3-6H3,(H,25,26). The molecule has 0 radical (unpaired) electrons. The maximum Gasteiger partial charge on any atom is 0.216 e. The molecule has 0 saturated heterocycles. The van der Waals surface area contributed by atoms with Gasteiger partial charge in [-0.15, -0.1) is 12.6 Å². The van der Waals surface area contributed by atoms with E-state index in [9.17, 15) is 4.79 Å². The van der Waals surface area contributed by atoms with Crippen molar-refractivity contribution in [2.45, 2.75) is 58.3 Å². The van der Waals surface area contributed by atoms with Crippen molar-refractivity contribution in [2.24, 2.45) is 0 Å². The zero-order chi connectivity index (χ0) is 19.3. The van der Waals surface area contributed by atoms with E-state index in [1.807, 2.05) is 24.3 Å². The smallest absolute Gasteiger partial charge is 0.216 e. The Labute approximate surface area is 162 Å². The minimum absolute atomic E-state index is 0.176. The highest BCUT2D eigenvalue weighted by molar-refractivity contribution is 7.97. The molecule has 1 aliphatic rings. The summed E-state index contributed by atoms with van der Waals surface area (Å²) in [7, 11) is 0. The van der Waals surface area contributed by atoms with Gasteiger partial charge in [-0.2, -0.15) is 0 Å². The largest absolute Gasteiger partial charge is 0.282 e. The number of benzene rings is 2. The third-order valence-electron chi connectivity index (χ3n) is 6.00. The van der Waals surface area contributed by atoms with E-state index in [2.05, 4.69) is 66.0 Å². The lowest BCUT2D eigenvalue weighted by molar-refractivity contribution is 0.109. The summed E-state index contributed by atoms with van der Waals surface area (Å²) < 4.78 is 0. The lowest BCUT2D eigenvalue weighted by Crippen LogP contribution is -2.34. The first-order valence-corrected chi connectivity index (χ1v) is 9.66. The Balaban J connectivity index is 2.09.